The van der Waals surface area contributed by atoms with E-state index >= 15 is 0 Å². The monoisotopic (exact) mass is 506 g/mol. The van der Waals surface area contributed by atoms with E-state index in [4.69, 9.17) is 14.5 Å². The summed E-state index contributed by atoms with van der Waals surface area (Å²) >= 11 is 2.80. The number of ether oxygens (including phenoxy) is 2. The first-order chi connectivity index (χ1) is 17.0. The lowest BCUT2D eigenvalue weighted by Crippen LogP contribution is -2.28. The van der Waals surface area contributed by atoms with Gasteiger partial charge in [0.15, 0.2) is 10.9 Å². The van der Waals surface area contributed by atoms with Crippen LogP contribution in [0.1, 0.15) is 34.6 Å². The van der Waals surface area contributed by atoms with Crippen molar-refractivity contribution >= 4 is 39.1 Å². The van der Waals surface area contributed by atoms with E-state index in [1.807, 2.05) is 42.5 Å². The molecule has 0 fully saturated rings. The molecule has 35 heavy (non-hydrogen) atoms. The van der Waals surface area contributed by atoms with Gasteiger partial charge in [0.2, 0.25) is 0 Å². The zero-order chi connectivity index (χ0) is 24.5. The highest BCUT2D eigenvalue weighted by Gasteiger charge is 2.29. The smallest absolute Gasteiger partial charge is 0.267 e. The van der Waals surface area contributed by atoms with Crippen molar-refractivity contribution in [1.82, 2.24) is 9.55 Å². The SMILES string of the molecule is COc1ccc(-n2c(SCC(=O)c3ccccc3)nc3sc4c(c3c2=O)C[C@@H](C(C)C)OC4)cc1. The molecule has 1 aliphatic rings. The topological polar surface area (TPSA) is 70.4 Å². The van der Waals surface area contributed by atoms with E-state index in [2.05, 4.69) is 13.8 Å². The Morgan fingerprint density at radius 3 is 2.63 bits per heavy atom. The number of rotatable bonds is 7. The van der Waals surface area contributed by atoms with Crippen LogP contribution in [0.4, 0.5) is 0 Å². The average molecular weight is 507 g/mol. The minimum absolute atomic E-state index is 0.00937. The number of aromatic nitrogens is 2. The number of Topliss-reactive ketones (excluding diaryl/α,β-unsaturated/α-hetero) is 1. The van der Waals surface area contributed by atoms with Crippen LogP contribution < -0.4 is 10.3 Å². The maximum absolute atomic E-state index is 14.0. The number of carbonyl (C=O) groups is 1. The normalized spacial score (nSPS) is 15.4. The molecule has 0 saturated carbocycles. The van der Waals surface area contributed by atoms with Crippen molar-refractivity contribution in [1.29, 1.82) is 0 Å². The summed E-state index contributed by atoms with van der Waals surface area (Å²) in [5.74, 6) is 1.23. The van der Waals surface area contributed by atoms with Crippen LogP contribution in [0.2, 0.25) is 0 Å². The summed E-state index contributed by atoms with van der Waals surface area (Å²) in [5, 5.41) is 1.16. The van der Waals surface area contributed by atoms with Crippen LogP contribution in [-0.2, 0) is 17.8 Å². The molecule has 4 aromatic rings. The van der Waals surface area contributed by atoms with E-state index in [0.717, 1.165) is 10.4 Å². The molecule has 1 atom stereocenters. The van der Waals surface area contributed by atoms with Gasteiger partial charge >= 0.3 is 0 Å². The standard InChI is InChI=1S/C27H26N2O4S2/c1-16(2)22-13-20-23(14-33-22)35-25-24(20)26(31)29(18-9-11-19(32-3)12-10-18)27(28-25)34-15-21(30)17-7-5-4-6-8-17/h4-12,16,22H,13-15H2,1-3H3/t22-/m0/s1. The highest BCUT2D eigenvalue weighted by Crippen LogP contribution is 2.36. The zero-order valence-electron chi connectivity index (χ0n) is 19.8. The number of hydrogen-bond acceptors (Lipinski definition) is 7. The zero-order valence-corrected chi connectivity index (χ0v) is 21.4. The molecule has 2 aromatic carbocycles. The van der Waals surface area contributed by atoms with Gasteiger partial charge in [-0.05, 0) is 35.7 Å². The number of thioether (sulfide) groups is 1. The molecule has 5 rings (SSSR count). The Labute approximate surface area is 211 Å². The van der Waals surface area contributed by atoms with Gasteiger partial charge in [0.05, 0.1) is 36.6 Å². The third-order valence-electron chi connectivity index (χ3n) is 6.21. The first kappa shape index (κ1) is 23.8. The molecule has 0 unspecified atom stereocenters. The van der Waals surface area contributed by atoms with Gasteiger partial charge in [-0.15, -0.1) is 11.3 Å². The van der Waals surface area contributed by atoms with Crippen molar-refractivity contribution < 1.29 is 14.3 Å². The first-order valence-corrected chi connectivity index (χ1v) is 13.3. The maximum atomic E-state index is 14.0. The number of carbonyl (C=O) groups excluding carboxylic acids is 1. The van der Waals surface area contributed by atoms with Gasteiger partial charge in [-0.1, -0.05) is 55.9 Å². The Morgan fingerprint density at radius 1 is 1.20 bits per heavy atom. The molecule has 6 nitrogen and oxygen atoms in total. The largest absolute Gasteiger partial charge is 0.497 e. The molecule has 0 aliphatic carbocycles. The van der Waals surface area contributed by atoms with Gasteiger partial charge in [0.25, 0.3) is 5.56 Å². The quantitative estimate of drug-likeness (QED) is 0.187. The van der Waals surface area contributed by atoms with Crippen molar-refractivity contribution in [2.75, 3.05) is 12.9 Å². The summed E-state index contributed by atoms with van der Waals surface area (Å²) in [6.45, 7) is 4.77. The third kappa shape index (κ3) is 4.66. The third-order valence-corrected chi connectivity index (χ3v) is 8.25. The Balaban J connectivity index is 1.61. The number of hydrogen-bond donors (Lipinski definition) is 0. The average Bonchev–Trinajstić information content (AvgIpc) is 3.25. The Bertz CT molecular complexity index is 1430. The fraction of sp³-hybridized carbons (Fsp3) is 0.296. The first-order valence-electron chi connectivity index (χ1n) is 11.5. The van der Waals surface area contributed by atoms with Crippen molar-refractivity contribution in [3.63, 3.8) is 0 Å². The van der Waals surface area contributed by atoms with Gasteiger partial charge in [0, 0.05) is 16.9 Å². The Morgan fingerprint density at radius 2 is 1.94 bits per heavy atom. The minimum Gasteiger partial charge on any atom is -0.497 e. The molecule has 0 saturated heterocycles. The molecule has 0 bridgehead atoms. The van der Waals surface area contributed by atoms with Crippen molar-refractivity contribution in [2.45, 2.75) is 38.1 Å². The molecule has 2 aromatic heterocycles. The van der Waals surface area contributed by atoms with Crippen LogP contribution in [0.15, 0.2) is 64.5 Å². The van der Waals surface area contributed by atoms with Gasteiger partial charge in [-0.25, -0.2) is 4.98 Å². The van der Waals surface area contributed by atoms with Gasteiger partial charge in [-0.3, -0.25) is 14.2 Å². The second kappa shape index (κ2) is 9.97. The number of methoxy groups -OCH3 is 1. The van der Waals surface area contributed by atoms with Crippen LogP contribution in [0.3, 0.4) is 0 Å². The molecule has 0 N–H and O–H groups in total. The second-order valence-corrected chi connectivity index (χ2v) is 10.8. The molecule has 1 aliphatic heterocycles. The van der Waals surface area contributed by atoms with Gasteiger partial charge in [-0.2, -0.15) is 0 Å². The molecule has 8 heteroatoms. The lowest BCUT2D eigenvalue weighted by molar-refractivity contribution is 0.00200. The molecule has 0 amide bonds. The molecular weight excluding hydrogens is 480 g/mol. The number of thiophene rings is 1. The Kier molecular flexibility index (Phi) is 6.77. The summed E-state index contributed by atoms with van der Waals surface area (Å²) in [4.78, 5) is 33.4. The van der Waals surface area contributed by atoms with Crippen LogP contribution in [0.25, 0.3) is 15.9 Å². The maximum Gasteiger partial charge on any atom is 0.267 e. The predicted molar refractivity (Wildman–Crippen MR) is 140 cm³/mol. The van der Waals surface area contributed by atoms with Crippen molar-refractivity contribution in [3.05, 3.63) is 81.0 Å². The highest BCUT2D eigenvalue weighted by molar-refractivity contribution is 7.99. The molecule has 0 spiro atoms. The summed E-state index contributed by atoms with van der Waals surface area (Å²) in [5.41, 5.74) is 2.26. The van der Waals surface area contributed by atoms with Crippen LogP contribution in [0.5, 0.6) is 5.75 Å². The fourth-order valence-electron chi connectivity index (χ4n) is 4.23. The van der Waals surface area contributed by atoms with Crippen molar-refractivity contribution in [3.8, 4) is 11.4 Å². The predicted octanol–water partition coefficient (Wildman–Crippen LogP) is 5.53. The van der Waals surface area contributed by atoms with Gasteiger partial charge < -0.3 is 9.47 Å². The molecular formula is C27H26N2O4S2. The summed E-state index contributed by atoms with van der Waals surface area (Å²) in [7, 11) is 1.61. The van der Waals surface area contributed by atoms with Crippen molar-refractivity contribution in [2.24, 2.45) is 5.92 Å². The Hall–Kier alpha value is -2.94. The second-order valence-electron chi connectivity index (χ2n) is 8.79. The van der Waals surface area contributed by atoms with E-state index in [9.17, 15) is 9.59 Å². The number of nitrogens with zero attached hydrogens (tertiary/aromatic N) is 2. The van der Waals surface area contributed by atoms with Crippen LogP contribution >= 0.6 is 23.1 Å². The summed E-state index contributed by atoms with van der Waals surface area (Å²) in [6, 6.07) is 16.5. The summed E-state index contributed by atoms with van der Waals surface area (Å²) < 4.78 is 13.0. The van der Waals surface area contributed by atoms with E-state index < -0.39 is 0 Å². The van der Waals surface area contributed by atoms with E-state index in [1.54, 1.807) is 23.8 Å². The molecule has 3 heterocycles. The highest BCUT2D eigenvalue weighted by atomic mass is 32.2. The van der Waals surface area contributed by atoms with Crippen LogP contribution in [-0.4, -0.2) is 34.3 Å². The van der Waals surface area contributed by atoms with Crippen LogP contribution in [0, 0.1) is 5.92 Å². The lowest BCUT2D eigenvalue weighted by Gasteiger charge is -2.26. The van der Waals surface area contributed by atoms with E-state index in [0.29, 0.717) is 51.3 Å². The lowest BCUT2D eigenvalue weighted by atomic mass is 9.96. The number of ketones is 1. The van der Waals surface area contributed by atoms with E-state index in [1.165, 1.54) is 23.1 Å². The summed E-state index contributed by atoms with van der Waals surface area (Å²) in [6.07, 6.45) is 0.776. The number of benzene rings is 2. The van der Waals surface area contributed by atoms with Gasteiger partial charge in [0.1, 0.15) is 10.6 Å². The minimum atomic E-state index is -0.114. The number of fused-ring (bicyclic) bond motifs is 3. The van der Waals surface area contributed by atoms with E-state index in [-0.39, 0.29) is 23.2 Å². The molecule has 180 valence electrons. The molecule has 0 radical (unpaired) electrons. The fourth-order valence-corrected chi connectivity index (χ4v) is 6.30.